The third-order valence-electron chi connectivity index (χ3n) is 8.25. The van der Waals surface area contributed by atoms with E-state index in [2.05, 4.69) is 36.5 Å². The number of fused-ring (bicyclic) bond motifs is 3. The van der Waals surface area contributed by atoms with E-state index in [0.29, 0.717) is 5.75 Å². The summed E-state index contributed by atoms with van der Waals surface area (Å²) >= 11 is 1.70. The van der Waals surface area contributed by atoms with Crippen LogP contribution in [0.4, 0.5) is 4.79 Å². The second-order valence-electron chi connectivity index (χ2n) is 13.2. The number of alkyl carbamates (subject to hydrolysis) is 1. The van der Waals surface area contributed by atoms with Crippen molar-refractivity contribution >= 4 is 23.8 Å². The number of benzene rings is 2. The fourth-order valence-electron chi connectivity index (χ4n) is 5.92. The summed E-state index contributed by atoms with van der Waals surface area (Å²) in [5.41, 5.74) is 4.06. The highest BCUT2D eigenvalue weighted by atomic mass is 32.2. The van der Waals surface area contributed by atoms with Gasteiger partial charge in [-0.05, 0) is 55.2 Å². The van der Waals surface area contributed by atoms with E-state index in [9.17, 15) is 9.59 Å². The summed E-state index contributed by atoms with van der Waals surface area (Å²) in [6.07, 6.45) is 18.2. The van der Waals surface area contributed by atoms with Gasteiger partial charge in [0.1, 0.15) is 18.2 Å². The van der Waals surface area contributed by atoms with E-state index in [4.69, 9.17) is 9.47 Å². The molecule has 1 amide bonds. The van der Waals surface area contributed by atoms with Crippen LogP contribution in [0.15, 0.2) is 48.5 Å². The second kappa shape index (κ2) is 19.8. The molecule has 0 radical (unpaired) electrons. The molecule has 1 atom stereocenters. The average molecular weight is 624 g/mol. The third kappa shape index (κ3) is 12.9. The number of carbonyl (C=O) groups excluding carboxylic acids is 2. The van der Waals surface area contributed by atoms with Gasteiger partial charge in [-0.2, -0.15) is 11.8 Å². The van der Waals surface area contributed by atoms with Gasteiger partial charge in [-0.15, -0.1) is 0 Å². The number of rotatable bonds is 21. The number of hydrogen-bond donors (Lipinski definition) is 1. The van der Waals surface area contributed by atoms with Crippen LogP contribution >= 0.6 is 11.8 Å². The van der Waals surface area contributed by atoms with E-state index >= 15 is 0 Å². The molecule has 0 saturated heterocycles. The van der Waals surface area contributed by atoms with Crippen LogP contribution in [-0.2, 0) is 14.3 Å². The molecular weight excluding hydrogens is 566 g/mol. The summed E-state index contributed by atoms with van der Waals surface area (Å²) < 4.78 is 11.3. The monoisotopic (exact) mass is 623 g/mol. The van der Waals surface area contributed by atoms with Gasteiger partial charge < -0.3 is 14.8 Å². The van der Waals surface area contributed by atoms with Gasteiger partial charge >= 0.3 is 12.1 Å². The summed E-state index contributed by atoms with van der Waals surface area (Å²) in [6.45, 7) is 8.02. The van der Waals surface area contributed by atoms with Crippen LogP contribution in [0.25, 0.3) is 11.1 Å². The smallest absolute Gasteiger partial charge is 0.407 e. The summed E-state index contributed by atoms with van der Waals surface area (Å²) in [4.78, 5) is 25.9. The van der Waals surface area contributed by atoms with Gasteiger partial charge in [-0.1, -0.05) is 139 Å². The first-order valence-electron chi connectivity index (χ1n) is 17.2. The molecular formula is C38H57NO4S. The average Bonchev–Trinajstić information content (AvgIpc) is 3.32. The Morgan fingerprint density at radius 1 is 0.750 bits per heavy atom. The molecule has 2 aromatic rings. The lowest BCUT2D eigenvalue weighted by Crippen LogP contribution is -2.46. The molecule has 1 aliphatic carbocycles. The Morgan fingerprint density at radius 3 is 1.73 bits per heavy atom. The van der Waals surface area contributed by atoms with Crippen LogP contribution in [0.1, 0.15) is 135 Å². The van der Waals surface area contributed by atoms with Crippen molar-refractivity contribution in [3.05, 3.63) is 59.7 Å². The molecule has 1 aliphatic rings. The number of ether oxygens (including phenoxy) is 2. The molecule has 3 rings (SSSR count). The molecule has 6 heteroatoms. The van der Waals surface area contributed by atoms with Crippen molar-refractivity contribution < 1.29 is 19.1 Å². The molecule has 5 nitrogen and oxygen atoms in total. The van der Waals surface area contributed by atoms with Crippen LogP contribution in [-0.4, -0.2) is 41.8 Å². The lowest BCUT2D eigenvalue weighted by atomic mass is 9.98. The molecule has 244 valence electrons. The number of amides is 1. The number of carbonyl (C=O) groups is 2. The largest absolute Gasteiger partial charge is 0.458 e. The van der Waals surface area contributed by atoms with E-state index in [1.807, 2.05) is 45.0 Å². The zero-order valence-electron chi connectivity index (χ0n) is 27.8. The fraction of sp³-hybridized carbons (Fsp3) is 0.632. The minimum atomic E-state index is -0.749. The second-order valence-corrected chi connectivity index (χ2v) is 14.4. The zero-order valence-corrected chi connectivity index (χ0v) is 28.7. The van der Waals surface area contributed by atoms with Gasteiger partial charge in [0, 0.05) is 11.7 Å². The maximum Gasteiger partial charge on any atom is 0.407 e. The molecule has 0 aromatic heterocycles. The SMILES string of the molecule is CCCCCCCCCCCCCCCCSC[C@H](NC(=O)OCC1c2ccccc2-c2ccccc21)C(=O)OC(C)(C)C. The van der Waals surface area contributed by atoms with Gasteiger partial charge in [0.05, 0.1) is 0 Å². The molecule has 2 aromatic carbocycles. The number of nitrogens with one attached hydrogen (secondary N) is 1. The van der Waals surface area contributed by atoms with Crippen molar-refractivity contribution in [3.63, 3.8) is 0 Å². The molecule has 0 saturated carbocycles. The minimum Gasteiger partial charge on any atom is -0.458 e. The van der Waals surface area contributed by atoms with Crippen molar-refractivity contribution in [1.82, 2.24) is 5.32 Å². The Balaban J connectivity index is 1.34. The van der Waals surface area contributed by atoms with E-state index in [1.165, 1.54) is 94.6 Å². The Bertz CT molecular complexity index is 1080. The van der Waals surface area contributed by atoms with Crippen LogP contribution in [0.3, 0.4) is 0 Å². The number of unbranched alkanes of at least 4 members (excludes halogenated alkanes) is 13. The third-order valence-corrected chi connectivity index (χ3v) is 9.40. The molecule has 0 aliphatic heterocycles. The molecule has 0 spiro atoms. The van der Waals surface area contributed by atoms with Crippen LogP contribution in [0.2, 0.25) is 0 Å². The number of hydrogen-bond acceptors (Lipinski definition) is 5. The maximum atomic E-state index is 13.0. The normalized spacial score (nSPS) is 13.3. The highest BCUT2D eigenvalue weighted by Crippen LogP contribution is 2.44. The fourth-order valence-corrected chi connectivity index (χ4v) is 6.95. The maximum absolute atomic E-state index is 13.0. The van der Waals surface area contributed by atoms with Crippen LogP contribution in [0, 0.1) is 0 Å². The number of thioether (sulfide) groups is 1. The quantitative estimate of drug-likeness (QED) is 0.111. The summed E-state index contributed by atoms with van der Waals surface area (Å²) in [7, 11) is 0. The van der Waals surface area contributed by atoms with E-state index in [0.717, 1.165) is 23.3 Å². The van der Waals surface area contributed by atoms with Gasteiger partial charge in [0.15, 0.2) is 0 Å². The van der Waals surface area contributed by atoms with Crippen molar-refractivity contribution in [2.45, 2.75) is 135 Å². The molecule has 1 N–H and O–H groups in total. The highest BCUT2D eigenvalue weighted by Gasteiger charge is 2.31. The first-order chi connectivity index (χ1) is 21.3. The Morgan fingerprint density at radius 2 is 1.23 bits per heavy atom. The highest BCUT2D eigenvalue weighted by molar-refractivity contribution is 7.99. The first-order valence-corrected chi connectivity index (χ1v) is 18.4. The van der Waals surface area contributed by atoms with Crippen molar-refractivity contribution in [2.24, 2.45) is 0 Å². The molecule has 0 heterocycles. The molecule has 0 fully saturated rings. The van der Waals surface area contributed by atoms with E-state index in [-0.39, 0.29) is 12.5 Å². The van der Waals surface area contributed by atoms with Crippen molar-refractivity contribution in [2.75, 3.05) is 18.1 Å². The zero-order chi connectivity index (χ0) is 31.6. The predicted octanol–water partition coefficient (Wildman–Crippen LogP) is 10.4. The van der Waals surface area contributed by atoms with Crippen molar-refractivity contribution in [1.29, 1.82) is 0 Å². The molecule has 44 heavy (non-hydrogen) atoms. The van der Waals surface area contributed by atoms with E-state index < -0.39 is 23.7 Å². The number of esters is 1. The van der Waals surface area contributed by atoms with Gasteiger partial charge in [0.25, 0.3) is 0 Å². The summed E-state index contributed by atoms with van der Waals surface area (Å²) in [5.74, 6) is 0.989. The standard InChI is InChI=1S/C38H57NO4S/c1-5-6-7-8-9-10-11-12-13-14-15-16-17-22-27-44-29-35(36(40)43-38(2,3)4)39-37(41)42-28-34-32-25-20-18-23-30(32)31-24-19-21-26-33(31)34/h18-21,23-26,34-35H,5-17,22,27-29H2,1-4H3,(H,39,41)/t35-/m0/s1. The summed E-state index contributed by atoms with van der Waals surface area (Å²) in [6, 6.07) is 15.8. The van der Waals surface area contributed by atoms with Gasteiger partial charge in [-0.3, -0.25) is 0 Å². The molecule has 0 bridgehead atoms. The Kier molecular flexibility index (Phi) is 16.2. The van der Waals surface area contributed by atoms with Gasteiger partial charge in [-0.25, -0.2) is 9.59 Å². The van der Waals surface area contributed by atoms with E-state index in [1.54, 1.807) is 11.8 Å². The minimum absolute atomic E-state index is 0.0252. The van der Waals surface area contributed by atoms with Crippen LogP contribution in [0.5, 0.6) is 0 Å². The Hall–Kier alpha value is -2.47. The van der Waals surface area contributed by atoms with Crippen molar-refractivity contribution in [3.8, 4) is 11.1 Å². The van der Waals surface area contributed by atoms with Crippen LogP contribution < -0.4 is 5.32 Å². The molecule has 0 unspecified atom stereocenters. The lowest BCUT2D eigenvalue weighted by Gasteiger charge is -2.24. The Labute approximate surface area is 271 Å². The lowest BCUT2D eigenvalue weighted by molar-refractivity contribution is -0.156. The summed E-state index contributed by atoms with van der Waals surface area (Å²) in [5, 5.41) is 2.81. The topological polar surface area (TPSA) is 64.6 Å². The predicted molar refractivity (Wildman–Crippen MR) is 185 cm³/mol. The van der Waals surface area contributed by atoms with Gasteiger partial charge in [0.2, 0.25) is 0 Å². The first kappa shape index (κ1) is 36.0.